The number of methoxy groups -OCH3 is 1. The van der Waals surface area contributed by atoms with E-state index in [1.807, 2.05) is 13.0 Å². The molecule has 3 aromatic carbocycles. The summed E-state index contributed by atoms with van der Waals surface area (Å²) >= 11 is 7.17. The van der Waals surface area contributed by atoms with Gasteiger partial charge in [-0.25, -0.2) is 0 Å². The molecule has 12 heteroatoms. The van der Waals surface area contributed by atoms with Gasteiger partial charge in [-0.1, -0.05) is 29.8 Å². The van der Waals surface area contributed by atoms with Crippen molar-refractivity contribution in [1.29, 1.82) is 0 Å². The maximum Gasteiger partial charge on any atom is 0.293 e. The van der Waals surface area contributed by atoms with Crippen LogP contribution in [0.4, 0.5) is 10.5 Å². The lowest BCUT2D eigenvalue weighted by atomic mass is 10.1. The normalized spacial score (nSPS) is 14.9. The largest absolute Gasteiger partial charge is 0.493 e. The zero-order chi connectivity index (χ0) is 28.9. The van der Waals surface area contributed by atoms with Crippen molar-refractivity contribution in [2.24, 2.45) is 0 Å². The first kappa shape index (κ1) is 28.2. The summed E-state index contributed by atoms with van der Waals surface area (Å²) in [4.78, 5) is 39.6. The molecular formula is C29H25ClN2O8S. The number of carbonyl (C=O) groups excluding carboxylic acids is 3. The van der Waals surface area contributed by atoms with Crippen LogP contribution in [0.25, 0.3) is 6.08 Å². The number of amides is 3. The number of thioether (sulfide) groups is 1. The topological polar surface area (TPSA) is 113 Å². The first-order valence-corrected chi connectivity index (χ1v) is 13.7. The van der Waals surface area contributed by atoms with E-state index in [2.05, 4.69) is 5.32 Å². The number of hydrogen-bond acceptors (Lipinski definition) is 9. The molecule has 3 aromatic rings. The van der Waals surface area contributed by atoms with Crippen LogP contribution in [0.2, 0.25) is 5.02 Å². The second-order valence-electron chi connectivity index (χ2n) is 8.74. The van der Waals surface area contributed by atoms with Crippen molar-refractivity contribution in [3.05, 3.63) is 75.7 Å². The number of ether oxygens (including phenoxy) is 5. The highest BCUT2D eigenvalue weighted by Gasteiger charge is 2.36. The van der Waals surface area contributed by atoms with Gasteiger partial charge in [0.05, 0.1) is 30.9 Å². The fraction of sp³-hybridized carbons (Fsp3) is 0.207. The van der Waals surface area contributed by atoms with Crippen molar-refractivity contribution in [3.8, 4) is 28.7 Å². The van der Waals surface area contributed by atoms with E-state index in [4.69, 9.17) is 35.3 Å². The van der Waals surface area contributed by atoms with E-state index in [0.29, 0.717) is 57.2 Å². The van der Waals surface area contributed by atoms with Crippen molar-refractivity contribution < 1.29 is 38.1 Å². The van der Waals surface area contributed by atoms with E-state index in [1.165, 1.54) is 7.11 Å². The van der Waals surface area contributed by atoms with Gasteiger partial charge < -0.3 is 29.0 Å². The number of rotatable bonds is 10. The van der Waals surface area contributed by atoms with Crippen LogP contribution in [-0.4, -0.2) is 49.1 Å². The molecule has 0 saturated carbocycles. The van der Waals surface area contributed by atoms with Crippen LogP contribution >= 0.6 is 23.4 Å². The first-order chi connectivity index (χ1) is 19.9. The molecule has 41 heavy (non-hydrogen) atoms. The third kappa shape index (κ3) is 6.36. The van der Waals surface area contributed by atoms with Crippen LogP contribution in [0.1, 0.15) is 18.1 Å². The number of benzene rings is 3. The van der Waals surface area contributed by atoms with Gasteiger partial charge in [-0.15, -0.1) is 0 Å². The molecule has 2 aliphatic heterocycles. The minimum atomic E-state index is -0.447. The predicted octanol–water partition coefficient (Wildman–Crippen LogP) is 5.73. The Labute approximate surface area is 245 Å². The Morgan fingerprint density at radius 1 is 1.05 bits per heavy atom. The van der Waals surface area contributed by atoms with Gasteiger partial charge in [0, 0.05) is 11.1 Å². The Balaban J connectivity index is 1.24. The van der Waals surface area contributed by atoms with Crippen LogP contribution < -0.4 is 29.0 Å². The summed E-state index contributed by atoms with van der Waals surface area (Å²) in [5, 5.41) is 2.72. The molecular weight excluding hydrogens is 572 g/mol. The van der Waals surface area contributed by atoms with E-state index >= 15 is 0 Å². The second-order valence-corrected chi connectivity index (χ2v) is 10.1. The van der Waals surface area contributed by atoms with Crippen LogP contribution in [0.15, 0.2) is 59.5 Å². The van der Waals surface area contributed by atoms with Crippen molar-refractivity contribution in [2.75, 3.05) is 32.4 Å². The van der Waals surface area contributed by atoms with Gasteiger partial charge in [0.2, 0.25) is 6.79 Å². The lowest BCUT2D eigenvalue weighted by Crippen LogP contribution is -2.27. The molecule has 0 bridgehead atoms. The average Bonchev–Trinajstić information content (AvgIpc) is 3.52. The third-order valence-corrected chi connectivity index (χ3v) is 7.31. The summed E-state index contributed by atoms with van der Waals surface area (Å²) in [6.07, 6.45) is 1.59. The number of imide groups is 1. The molecule has 0 aliphatic carbocycles. The monoisotopic (exact) mass is 596 g/mol. The molecule has 1 fully saturated rings. The Kier molecular flexibility index (Phi) is 8.55. The van der Waals surface area contributed by atoms with Crippen LogP contribution in [0, 0.1) is 0 Å². The molecule has 2 aliphatic rings. The molecule has 0 unspecified atom stereocenters. The Bertz CT molecular complexity index is 1540. The van der Waals surface area contributed by atoms with Gasteiger partial charge in [-0.2, -0.15) is 0 Å². The average molecular weight is 597 g/mol. The SMILES string of the molecule is CCOc1ccccc1NC(=O)COc1ccc(/C=C2\SC(=O)N(Cc3cc4c(cc3Cl)OCO4)C2=O)cc1OC. The lowest BCUT2D eigenvalue weighted by molar-refractivity contribution is -0.123. The van der Waals surface area contributed by atoms with Gasteiger partial charge in [-0.05, 0) is 66.2 Å². The fourth-order valence-electron chi connectivity index (χ4n) is 4.11. The molecule has 5 rings (SSSR count). The number of nitrogens with one attached hydrogen (secondary N) is 1. The second kappa shape index (κ2) is 12.4. The van der Waals surface area contributed by atoms with Crippen molar-refractivity contribution >= 4 is 52.2 Å². The Morgan fingerprint density at radius 2 is 1.83 bits per heavy atom. The van der Waals surface area contributed by atoms with Gasteiger partial charge in [0.25, 0.3) is 17.1 Å². The molecule has 212 valence electrons. The summed E-state index contributed by atoms with van der Waals surface area (Å²) < 4.78 is 27.3. The number of hydrogen-bond donors (Lipinski definition) is 1. The number of fused-ring (bicyclic) bond motifs is 1. The molecule has 0 aromatic heterocycles. The maximum atomic E-state index is 13.1. The number of para-hydroxylation sites is 2. The highest BCUT2D eigenvalue weighted by molar-refractivity contribution is 8.18. The minimum absolute atomic E-state index is 0.00924. The smallest absolute Gasteiger partial charge is 0.293 e. The predicted molar refractivity (Wildman–Crippen MR) is 154 cm³/mol. The molecule has 0 atom stereocenters. The van der Waals surface area contributed by atoms with Crippen molar-refractivity contribution in [3.63, 3.8) is 0 Å². The van der Waals surface area contributed by atoms with Gasteiger partial charge >= 0.3 is 0 Å². The summed E-state index contributed by atoms with van der Waals surface area (Å²) in [5.41, 5.74) is 1.71. The highest BCUT2D eigenvalue weighted by Crippen LogP contribution is 2.40. The molecule has 0 radical (unpaired) electrons. The number of anilines is 1. The summed E-state index contributed by atoms with van der Waals surface area (Å²) in [7, 11) is 1.47. The highest BCUT2D eigenvalue weighted by atomic mass is 35.5. The molecule has 10 nitrogen and oxygen atoms in total. The Hall–Kier alpha value is -4.35. The zero-order valence-electron chi connectivity index (χ0n) is 22.1. The van der Waals surface area contributed by atoms with Crippen molar-refractivity contribution in [2.45, 2.75) is 13.5 Å². The van der Waals surface area contributed by atoms with Crippen LogP contribution in [0.3, 0.4) is 0 Å². The quantitative estimate of drug-likeness (QED) is 0.293. The minimum Gasteiger partial charge on any atom is -0.493 e. The molecule has 1 N–H and O–H groups in total. The third-order valence-electron chi connectivity index (χ3n) is 6.05. The molecule has 3 amide bonds. The van der Waals surface area contributed by atoms with E-state index in [1.54, 1.807) is 54.6 Å². The lowest BCUT2D eigenvalue weighted by Gasteiger charge is -2.14. The fourth-order valence-corrected chi connectivity index (χ4v) is 5.16. The van der Waals surface area contributed by atoms with E-state index in [9.17, 15) is 14.4 Å². The van der Waals surface area contributed by atoms with Crippen molar-refractivity contribution in [1.82, 2.24) is 4.90 Å². The maximum absolute atomic E-state index is 13.1. The molecule has 0 spiro atoms. The first-order valence-electron chi connectivity index (χ1n) is 12.5. The zero-order valence-corrected chi connectivity index (χ0v) is 23.7. The van der Waals surface area contributed by atoms with Gasteiger partial charge in [0.15, 0.2) is 29.6 Å². The van der Waals surface area contributed by atoms with Gasteiger partial charge in [0.1, 0.15) is 5.75 Å². The van der Waals surface area contributed by atoms with E-state index < -0.39 is 11.1 Å². The molecule has 1 saturated heterocycles. The number of halogens is 1. The van der Waals surface area contributed by atoms with Crippen LogP contribution in [0.5, 0.6) is 28.7 Å². The summed E-state index contributed by atoms with van der Waals surface area (Å²) in [6, 6.07) is 15.4. The number of nitrogens with zero attached hydrogens (tertiary/aromatic N) is 1. The summed E-state index contributed by atoms with van der Waals surface area (Å²) in [5.74, 6) is 1.46. The number of carbonyl (C=O) groups is 3. The van der Waals surface area contributed by atoms with E-state index in [-0.39, 0.29) is 30.8 Å². The Morgan fingerprint density at radius 3 is 2.61 bits per heavy atom. The standard InChI is InChI=1S/C29H25ClN2O8S/c1-3-37-21-7-5-4-6-20(21)31-27(33)15-38-22-9-8-17(10-23(22)36-2)11-26-28(34)32(29(35)41-26)14-18-12-24-25(13-19(18)30)40-16-39-24/h4-13H,3,14-16H2,1-2H3,(H,31,33)/b26-11-. The summed E-state index contributed by atoms with van der Waals surface area (Å²) in [6.45, 7) is 2.14. The van der Waals surface area contributed by atoms with Crippen LogP contribution in [-0.2, 0) is 16.1 Å². The van der Waals surface area contributed by atoms with Gasteiger partial charge in [-0.3, -0.25) is 19.3 Å². The van der Waals surface area contributed by atoms with E-state index in [0.717, 1.165) is 16.7 Å². The molecule has 2 heterocycles.